The molecule has 0 heterocycles. The lowest BCUT2D eigenvalue weighted by molar-refractivity contribution is -0.137. The molecule has 2 N–H and O–H groups in total. The first kappa shape index (κ1) is 19.1. The molecule has 0 fully saturated rings. The van der Waals surface area contributed by atoms with Gasteiger partial charge in [-0.1, -0.05) is 13.8 Å². The molecule has 0 rings (SSSR count). The summed E-state index contributed by atoms with van der Waals surface area (Å²) in [6.45, 7) is 8.87. The summed E-state index contributed by atoms with van der Waals surface area (Å²) in [6, 6.07) is -0.192. The molecule has 118 valence electrons. The van der Waals surface area contributed by atoms with Crippen molar-refractivity contribution in [3.63, 3.8) is 0 Å². The maximum atomic E-state index is 12.2. The summed E-state index contributed by atoms with van der Waals surface area (Å²) in [4.78, 5) is 24.4. The zero-order valence-electron chi connectivity index (χ0n) is 13.2. The van der Waals surface area contributed by atoms with Crippen molar-refractivity contribution in [3.8, 4) is 0 Å². The van der Waals surface area contributed by atoms with E-state index in [1.54, 1.807) is 16.7 Å². The fourth-order valence-electron chi connectivity index (χ4n) is 2.01. The maximum absolute atomic E-state index is 12.2. The Balaban J connectivity index is 4.57. The van der Waals surface area contributed by atoms with Crippen molar-refractivity contribution < 1.29 is 14.7 Å². The molecule has 0 aliphatic carbocycles. The van der Waals surface area contributed by atoms with Crippen LogP contribution in [-0.2, 0) is 4.79 Å². The lowest BCUT2D eigenvalue weighted by Gasteiger charge is -2.32. The van der Waals surface area contributed by atoms with Crippen LogP contribution < -0.4 is 5.32 Å². The highest BCUT2D eigenvalue weighted by atomic mass is 32.2. The average molecular weight is 304 g/mol. The van der Waals surface area contributed by atoms with Crippen LogP contribution in [0.5, 0.6) is 0 Å². The Morgan fingerprint density at radius 2 is 1.85 bits per heavy atom. The molecule has 2 amide bonds. The van der Waals surface area contributed by atoms with Crippen molar-refractivity contribution >= 4 is 23.8 Å². The number of thioether (sulfide) groups is 1. The molecule has 0 aliphatic heterocycles. The highest BCUT2D eigenvalue weighted by molar-refractivity contribution is 8.00. The van der Waals surface area contributed by atoms with Gasteiger partial charge in [0.15, 0.2) is 0 Å². The van der Waals surface area contributed by atoms with E-state index in [0.29, 0.717) is 6.54 Å². The Labute approximate surface area is 126 Å². The number of rotatable bonds is 9. The Bertz CT molecular complexity index is 309. The van der Waals surface area contributed by atoms with E-state index in [4.69, 9.17) is 5.11 Å². The molecule has 0 saturated carbocycles. The number of aliphatic carboxylic acids is 1. The zero-order valence-corrected chi connectivity index (χ0v) is 14.0. The highest BCUT2D eigenvalue weighted by Crippen LogP contribution is 2.29. The molecular weight excluding hydrogens is 276 g/mol. The molecule has 0 aromatic carbocycles. The molecule has 0 unspecified atom stereocenters. The van der Waals surface area contributed by atoms with E-state index in [0.717, 1.165) is 12.8 Å². The van der Waals surface area contributed by atoms with E-state index < -0.39 is 5.97 Å². The third kappa shape index (κ3) is 6.03. The third-order valence-electron chi connectivity index (χ3n) is 3.73. The van der Waals surface area contributed by atoms with Crippen LogP contribution >= 0.6 is 11.8 Å². The van der Waals surface area contributed by atoms with Gasteiger partial charge in [0.25, 0.3) is 0 Å². The Hall–Kier alpha value is -0.910. The molecule has 0 aliphatic rings. The van der Waals surface area contributed by atoms with Crippen LogP contribution in [0.3, 0.4) is 0 Å². The SMILES string of the molecule is CCC(CC)(CNC(=O)N(CCC(=O)O)C(C)C)SC. The molecule has 0 bridgehead atoms. The number of carbonyl (C=O) groups excluding carboxylic acids is 1. The molecule has 6 heteroatoms. The summed E-state index contributed by atoms with van der Waals surface area (Å²) < 4.78 is 0.0606. The van der Waals surface area contributed by atoms with Crippen LogP contribution in [0.2, 0.25) is 0 Å². The first-order valence-corrected chi connectivity index (χ1v) is 8.35. The summed E-state index contributed by atoms with van der Waals surface area (Å²) in [5.41, 5.74) is 0. The minimum absolute atomic E-state index is 0.0127. The molecule has 5 nitrogen and oxygen atoms in total. The fraction of sp³-hybridized carbons (Fsp3) is 0.857. The van der Waals surface area contributed by atoms with E-state index in [2.05, 4.69) is 25.4 Å². The zero-order chi connectivity index (χ0) is 15.8. The normalized spacial score (nSPS) is 11.5. The van der Waals surface area contributed by atoms with Crippen LogP contribution in [0, 0.1) is 0 Å². The van der Waals surface area contributed by atoms with Crippen molar-refractivity contribution in [3.05, 3.63) is 0 Å². The van der Waals surface area contributed by atoms with Gasteiger partial charge >= 0.3 is 12.0 Å². The highest BCUT2D eigenvalue weighted by Gasteiger charge is 2.27. The van der Waals surface area contributed by atoms with Crippen molar-refractivity contribution in [2.45, 2.75) is 57.7 Å². The number of nitrogens with zero attached hydrogens (tertiary/aromatic N) is 1. The van der Waals surface area contributed by atoms with Gasteiger partial charge < -0.3 is 15.3 Å². The van der Waals surface area contributed by atoms with Crippen molar-refractivity contribution in [1.29, 1.82) is 0 Å². The van der Waals surface area contributed by atoms with Gasteiger partial charge in [-0.15, -0.1) is 0 Å². The minimum atomic E-state index is -0.885. The number of amides is 2. The summed E-state index contributed by atoms with van der Waals surface area (Å²) >= 11 is 1.77. The second kappa shape index (κ2) is 9.10. The van der Waals surface area contributed by atoms with Crippen LogP contribution in [0.4, 0.5) is 4.79 Å². The lowest BCUT2D eigenvalue weighted by Crippen LogP contribution is -2.49. The van der Waals surface area contributed by atoms with Crippen LogP contribution in [-0.4, -0.2) is 52.1 Å². The maximum Gasteiger partial charge on any atom is 0.317 e. The number of urea groups is 1. The van der Waals surface area contributed by atoms with E-state index in [9.17, 15) is 9.59 Å². The molecule has 20 heavy (non-hydrogen) atoms. The van der Waals surface area contributed by atoms with Crippen molar-refractivity contribution in [2.24, 2.45) is 0 Å². The average Bonchev–Trinajstić information content (AvgIpc) is 2.40. The minimum Gasteiger partial charge on any atom is -0.481 e. The number of hydrogen-bond acceptors (Lipinski definition) is 3. The molecule has 0 spiro atoms. The quantitative estimate of drug-likeness (QED) is 0.687. The number of hydrogen-bond donors (Lipinski definition) is 2. The molecule has 0 radical (unpaired) electrons. The van der Waals surface area contributed by atoms with Gasteiger partial charge in [-0.3, -0.25) is 4.79 Å². The van der Waals surface area contributed by atoms with E-state index >= 15 is 0 Å². The van der Waals surface area contributed by atoms with Crippen molar-refractivity contribution in [1.82, 2.24) is 10.2 Å². The van der Waals surface area contributed by atoms with Gasteiger partial charge in [-0.2, -0.15) is 11.8 Å². The largest absolute Gasteiger partial charge is 0.481 e. The van der Waals surface area contributed by atoms with Gasteiger partial charge in [0, 0.05) is 23.9 Å². The summed E-state index contributed by atoms with van der Waals surface area (Å²) in [6.07, 6.45) is 4.01. The Morgan fingerprint density at radius 3 is 2.20 bits per heavy atom. The van der Waals surface area contributed by atoms with Crippen LogP contribution in [0.1, 0.15) is 47.0 Å². The van der Waals surface area contributed by atoms with E-state index in [1.165, 1.54) is 0 Å². The van der Waals surface area contributed by atoms with Gasteiger partial charge in [0.2, 0.25) is 0 Å². The predicted octanol–water partition coefficient (Wildman–Crippen LogP) is 2.80. The molecule has 0 aromatic heterocycles. The lowest BCUT2D eigenvalue weighted by atomic mass is 10.0. The smallest absolute Gasteiger partial charge is 0.317 e. The number of carbonyl (C=O) groups is 2. The number of carboxylic acid groups (broad SMARTS) is 1. The standard InChI is InChI=1S/C14H28N2O3S/c1-6-14(7-2,20-5)10-15-13(19)16(11(3)4)9-8-12(17)18/h11H,6-10H2,1-5H3,(H,15,19)(H,17,18). The van der Waals surface area contributed by atoms with Gasteiger partial charge in [-0.05, 0) is 32.9 Å². The summed E-state index contributed by atoms with van der Waals surface area (Å²) in [5.74, 6) is -0.885. The Kier molecular flexibility index (Phi) is 8.69. The molecule has 0 aromatic rings. The van der Waals surface area contributed by atoms with Crippen LogP contribution in [0.15, 0.2) is 0 Å². The Morgan fingerprint density at radius 1 is 1.30 bits per heavy atom. The predicted molar refractivity (Wildman–Crippen MR) is 84.3 cm³/mol. The summed E-state index contributed by atoms with van der Waals surface area (Å²) in [7, 11) is 0. The fourth-order valence-corrected chi connectivity index (χ4v) is 2.80. The molecular formula is C14H28N2O3S. The van der Waals surface area contributed by atoms with Gasteiger partial charge in [-0.25, -0.2) is 4.79 Å². The second-order valence-electron chi connectivity index (χ2n) is 5.18. The first-order chi connectivity index (χ1) is 9.31. The number of carboxylic acids is 1. The molecule has 0 atom stereocenters. The number of nitrogens with one attached hydrogen (secondary N) is 1. The molecule has 0 saturated heterocycles. The van der Waals surface area contributed by atoms with Crippen molar-refractivity contribution in [2.75, 3.05) is 19.3 Å². The topological polar surface area (TPSA) is 69.6 Å². The van der Waals surface area contributed by atoms with Crippen LogP contribution in [0.25, 0.3) is 0 Å². The van der Waals surface area contributed by atoms with Gasteiger partial charge in [0.05, 0.1) is 6.42 Å². The van der Waals surface area contributed by atoms with Gasteiger partial charge in [0.1, 0.15) is 0 Å². The second-order valence-corrected chi connectivity index (χ2v) is 6.46. The monoisotopic (exact) mass is 304 g/mol. The summed E-state index contributed by atoms with van der Waals surface area (Å²) in [5, 5.41) is 11.7. The van der Waals surface area contributed by atoms with E-state index in [1.807, 2.05) is 13.8 Å². The third-order valence-corrected chi connectivity index (χ3v) is 5.32. The van der Waals surface area contributed by atoms with E-state index in [-0.39, 0.29) is 29.8 Å². The first-order valence-electron chi connectivity index (χ1n) is 7.13.